The summed E-state index contributed by atoms with van der Waals surface area (Å²) >= 11 is 0. The lowest BCUT2D eigenvalue weighted by molar-refractivity contribution is -0.148. The predicted molar refractivity (Wildman–Crippen MR) is 59.0 cm³/mol. The summed E-state index contributed by atoms with van der Waals surface area (Å²) < 4.78 is 4.88. The lowest BCUT2D eigenvalue weighted by atomic mass is 9.82. The number of hydrogen-bond donors (Lipinski definition) is 0. The van der Waals surface area contributed by atoms with Gasteiger partial charge in [-0.3, -0.25) is 4.79 Å². The molecule has 0 aliphatic heterocycles. The molecule has 0 aromatic rings. The molecule has 3 nitrogen and oxygen atoms in total. The molecule has 0 aromatic carbocycles. The molecule has 0 N–H and O–H groups in total. The van der Waals surface area contributed by atoms with Gasteiger partial charge in [0.25, 0.3) is 0 Å². The average Bonchev–Trinajstić information content (AvgIpc) is 2.19. The van der Waals surface area contributed by atoms with Gasteiger partial charge in [0.05, 0.1) is 12.7 Å². The Labute approximate surface area is 92.4 Å². The van der Waals surface area contributed by atoms with Crippen LogP contribution in [-0.2, 0) is 9.53 Å². The van der Waals surface area contributed by atoms with Gasteiger partial charge in [-0.1, -0.05) is 33.6 Å². The van der Waals surface area contributed by atoms with Crippen LogP contribution in [0.2, 0.25) is 0 Å². The van der Waals surface area contributed by atoms with Gasteiger partial charge in [-0.2, -0.15) is 5.26 Å². The fourth-order valence-corrected chi connectivity index (χ4v) is 1.66. The normalized spacial score (nSPS) is 16.2. The minimum atomic E-state index is -0.619. The number of hydrogen-bond acceptors (Lipinski definition) is 3. The van der Waals surface area contributed by atoms with Gasteiger partial charge >= 0.3 is 5.97 Å². The summed E-state index contributed by atoms with van der Waals surface area (Å²) in [6.07, 6.45) is 2.12. The van der Waals surface area contributed by atoms with E-state index >= 15 is 0 Å². The number of nitrogens with zero attached hydrogens (tertiary/aromatic N) is 1. The maximum absolute atomic E-state index is 11.5. The topological polar surface area (TPSA) is 50.1 Å². The van der Waals surface area contributed by atoms with Crippen LogP contribution in [-0.4, -0.2) is 12.6 Å². The van der Waals surface area contributed by atoms with Crippen molar-refractivity contribution < 1.29 is 9.53 Å². The molecular formula is C12H21NO2. The Morgan fingerprint density at radius 3 is 2.40 bits per heavy atom. The minimum Gasteiger partial charge on any atom is -0.465 e. The molecule has 0 aliphatic rings. The van der Waals surface area contributed by atoms with E-state index in [1.54, 1.807) is 6.92 Å². The minimum absolute atomic E-state index is 0.0639. The first kappa shape index (κ1) is 14.0. The van der Waals surface area contributed by atoms with Gasteiger partial charge in [-0.25, -0.2) is 0 Å². The van der Waals surface area contributed by atoms with Crippen molar-refractivity contribution in [3.05, 3.63) is 0 Å². The molecule has 3 unspecified atom stereocenters. The maximum Gasteiger partial charge on any atom is 0.323 e. The maximum atomic E-state index is 11.5. The van der Waals surface area contributed by atoms with Gasteiger partial charge < -0.3 is 4.74 Å². The molecule has 0 rings (SSSR count). The fourth-order valence-electron chi connectivity index (χ4n) is 1.66. The van der Waals surface area contributed by atoms with Crippen molar-refractivity contribution in [2.45, 2.75) is 40.5 Å². The number of rotatable bonds is 6. The fraction of sp³-hybridized carbons (Fsp3) is 0.833. The first-order chi connectivity index (χ1) is 7.08. The second-order valence-electron chi connectivity index (χ2n) is 3.98. The van der Waals surface area contributed by atoms with Crippen LogP contribution in [0.5, 0.6) is 0 Å². The zero-order valence-corrected chi connectivity index (χ0v) is 10.1. The Bertz CT molecular complexity index is 232. The smallest absolute Gasteiger partial charge is 0.323 e. The summed E-state index contributed by atoms with van der Waals surface area (Å²) in [5.41, 5.74) is 0. The van der Waals surface area contributed by atoms with Gasteiger partial charge in [0.1, 0.15) is 5.92 Å². The van der Waals surface area contributed by atoms with Crippen LogP contribution in [0.1, 0.15) is 40.5 Å². The lowest BCUT2D eigenvalue weighted by Gasteiger charge is -2.22. The highest BCUT2D eigenvalue weighted by atomic mass is 16.5. The molecule has 0 radical (unpaired) electrons. The Hall–Kier alpha value is -1.04. The van der Waals surface area contributed by atoms with Gasteiger partial charge in [0.2, 0.25) is 0 Å². The van der Waals surface area contributed by atoms with E-state index < -0.39 is 5.92 Å². The number of carbonyl (C=O) groups is 1. The second-order valence-corrected chi connectivity index (χ2v) is 3.98. The average molecular weight is 211 g/mol. The van der Waals surface area contributed by atoms with E-state index in [1.165, 1.54) is 0 Å². The first-order valence-corrected chi connectivity index (χ1v) is 5.64. The van der Waals surface area contributed by atoms with E-state index in [9.17, 15) is 4.79 Å². The molecule has 86 valence electrons. The van der Waals surface area contributed by atoms with E-state index in [0.29, 0.717) is 12.5 Å². The first-order valence-electron chi connectivity index (χ1n) is 5.64. The third kappa shape index (κ3) is 4.33. The van der Waals surface area contributed by atoms with Crippen molar-refractivity contribution in [1.29, 1.82) is 5.26 Å². The van der Waals surface area contributed by atoms with Crippen LogP contribution in [0.15, 0.2) is 0 Å². The highest BCUT2D eigenvalue weighted by molar-refractivity contribution is 5.75. The van der Waals surface area contributed by atoms with E-state index in [1.807, 2.05) is 6.92 Å². The van der Waals surface area contributed by atoms with Crippen LogP contribution < -0.4 is 0 Å². The standard InChI is InChI=1S/C12H21NO2/c1-5-7-9(3)10(4)11(8-13)12(14)15-6-2/h9-11H,5-7H2,1-4H3. The molecule has 0 fully saturated rings. The van der Waals surface area contributed by atoms with Crippen LogP contribution in [0.4, 0.5) is 0 Å². The van der Waals surface area contributed by atoms with Crippen molar-refractivity contribution in [3.63, 3.8) is 0 Å². The van der Waals surface area contributed by atoms with E-state index in [-0.39, 0.29) is 11.9 Å². The summed E-state index contributed by atoms with van der Waals surface area (Å²) in [5, 5.41) is 8.96. The van der Waals surface area contributed by atoms with Crippen molar-refractivity contribution in [1.82, 2.24) is 0 Å². The Morgan fingerprint density at radius 1 is 1.40 bits per heavy atom. The summed E-state index contributed by atoms with van der Waals surface area (Å²) in [7, 11) is 0. The van der Waals surface area contributed by atoms with Crippen molar-refractivity contribution in [2.24, 2.45) is 17.8 Å². The predicted octanol–water partition coefficient (Wildman–Crippen LogP) is 2.76. The molecule has 15 heavy (non-hydrogen) atoms. The van der Waals surface area contributed by atoms with E-state index in [0.717, 1.165) is 12.8 Å². The highest BCUT2D eigenvalue weighted by Crippen LogP contribution is 2.25. The van der Waals surface area contributed by atoms with Gasteiger partial charge in [-0.05, 0) is 18.8 Å². The summed E-state index contributed by atoms with van der Waals surface area (Å²) in [4.78, 5) is 11.5. The Morgan fingerprint density at radius 2 is 2.00 bits per heavy atom. The van der Waals surface area contributed by atoms with Crippen molar-refractivity contribution in [3.8, 4) is 6.07 Å². The number of esters is 1. The number of nitriles is 1. The second kappa shape index (κ2) is 7.28. The molecule has 0 heterocycles. The number of carbonyl (C=O) groups excluding carboxylic acids is 1. The molecule has 0 aliphatic carbocycles. The zero-order valence-electron chi connectivity index (χ0n) is 10.1. The molecule has 0 spiro atoms. The van der Waals surface area contributed by atoms with E-state index in [4.69, 9.17) is 10.00 Å². The lowest BCUT2D eigenvalue weighted by Crippen LogP contribution is -2.27. The van der Waals surface area contributed by atoms with Crippen molar-refractivity contribution in [2.75, 3.05) is 6.61 Å². The molecule has 0 saturated carbocycles. The monoisotopic (exact) mass is 211 g/mol. The zero-order chi connectivity index (χ0) is 11.8. The number of ether oxygens (including phenoxy) is 1. The molecular weight excluding hydrogens is 190 g/mol. The Balaban J connectivity index is 4.40. The molecule has 0 aromatic heterocycles. The summed E-state index contributed by atoms with van der Waals surface area (Å²) in [6.45, 7) is 8.23. The van der Waals surface area contributed by atoms with Crippen LogP contribution in [0.3, 0.4) is 0 Å². The quantitative estimate of drug-likeness (QED) is 0.635. The third-order valence-electron chi connectivity index (χ3n) is 2.85. The SMILES string of the molecule is CCCC(C)C(C)C(C#N)C(=O)OCC. The van der Waals surface area contributed by atoms with Crippen LogP contribution in [0, 0.1) is 29.1 Å². The third-order valence-corrected chi connectivity index (χ3v) is 2.85. The molecule has 0 saturated heterocycles. The summed E-state index contributed by atoms with van der Waals surface area (Å²) in [6, 6.07) is 2.05. The molecule has 0 amide bonds. The van der Waals surface area contributed by atoms with E-state index in [2.05, 4.69) is 19.9 Å². The largest absolute Gasteiger partial charge is 0.465 e. The Kier molecular flexibility index (Phi) is 6.77. The van der Waals surface area contributed by atoms with Crippen LogP contribution >= 0.6 is 0 Å². The molecule has 3 heteroatoms. The highest BCUT2D eigenvalue weighted by Gasteiger charge is 2.29. The molecule has 0 bridgehead atoms. The molecule has 3 atom stereocenters. The van der Waals surface area contributed by atoms with Gasteiger partial charge in [0.15, 0.2) is 0 Å². The summed E-state index contributed by atoms with van der Waals surface area (Å²) in [5.74, 6) is -0.556. The van der Waals surface area contributed by atoms with Crippen molar-refractivity contribution >= 4 is 5.97 Å². The van der Waals surface area contributed by atoms with Gasteiger partial charge in [0, 0.05) is 0 Å². The van der Waals surface area contributed by atoms with Crippen LogP contribution in [0.25, 0.3) is 0 Å². The van der Waals surface area contributed by atoms with Gasteiger partial charge in [-0.15, -0.1) is 0 Å².